The maximum absolute atomic E-state index is 15.5. The standard InChI is InChI=1S/C31H29F2N5O5/c1-37(2)9-3-4-10-43-31(41)27-25(19-6-5-8-34-29(19)39)26-24(14-22(33)18-7-11-42-28(18)26)38(27)15-17-12-20-23(13-21(17)32)35-16-36-30(20)40/h5-8,11-14,16,20,23H,3-4,9-10,15H2,1-2H3,(H,34,39)(H,35,36,40). The van der Waals surface area contributed by atoms with Gasteiger partial charge >= 0.3 is 5.97 Å². The number of ether oxygens (including phenoxy) is 1. The summed E-state index contributed by atoms with van der Waals surface area (Å²) in [6.07, 6.45) is 8.09. The Balaban J connectivity index is 1.55. The van der Waals surface area contributed by atoms with Gasteiger partial charge in [-0.1, -0.05) is 6.08 Å². The molecule has 3 aromatic heterocycles. The van der Waals surface area contributed by atoms with Gasteiger partial charge in [-0.05, 0) is 63.8 Å². The van der Waals surface area contributed by atoms with Crippen LogP contribution in [0.3, 0.4) is 0 Å². The lowest BCUT2D eigenvalue weighted by molar-refractivity contribution is -0.122. The summed E-state index contributed by atoms with van der Waals surface area (Å²) in [6, 6.07) is 5.13. The Bertz CT molecular complexity index is 1900. The van der Waals surface area contributed by atoms with Crippen molar-refractivity contribution in [3.63, 3.8) is 0 Å². The number of carbonyl (C=O) groups is 2. The number of benzene rings is 1. The summed E-state index contributed by atoms with van der Waals surface area (Å²) in [5.41, 5.74) is 0.164. The van der Waals surface area contributed by atoms with E-state index in [4.69, 9.17) is 9.15 Å². The van der Waals surface area contributed by atoms with Crippen LogP contribution >= 0.6 is 0 Å². The number of esters is 1. The lowest BCUT2D eigenvalue weighted by atomic mass is 9.89. The lowest BCUT2D eigenvalue weighted by Crippen LogP contribution is -2.40. The Morgan fingerprint density at radius 3 is 2.81 bits per heavy atom. The normalized spacial score (nSPS) is 18.1. The molecule has 2 atom stereocenters. The van der Waals surface area contributed by atoms with E-state index in [0.717, 1.165) is 13.0 Å². The first kappa shape index (κ1) is 28.3. The molecule has 4 aromatic rings. The molecule has 1 aromatic carbocycles. The number of H-pyrrole nitrogens is 1. The molecule has 43 heavy (non-hydrogen) atoms. The first-order valence-corrected chi connectivity index (χ1v) is 13.9. The highest BCUT2D eigenvalue weighted by Gasteiger charge is 2.34. The largest absolute Gasteiger partial charge is 0.463 e. The first-order chi connectivity index (χ1) is 20.7. The number of nitrogens with zero attached hydrogens (tertiary/aromatic N) is 3. The summed E-state index contributed by atoms with van der Waals surface area (Å²) in [5.74, 6) is -3.13. The van der Waals surface area contributed by atoms with Gasteiger partial charge in [0.1, 0.15) is 22.9 Å². The van der Waals surface area contributed by atoms with Gasteiger partial charge < -0.3 is 28.9 Å². The quantitative estimate of drug-likeness (QED) is 0.222. The predicted octanol–water partition coefficient (Wildman–Crippen LogP) is 4.32. The molecule has 6 rings (SSSR count). The third-order valence-corrected chi connectivity index (χ3v) is 7.69. The number of fused-ring (bicyclic) bond motifs is 4. The van der Waals surface area contributed by atoms with Crippen LogP contribution in [0.4, 0.5) is 8.78 Å². The Morgan fingerprint density at radius 1 is 1.19 bits per heavy atom. The molecule has 0 saturated carbocycles. The van der Waals surface area contributed by atoms with E-state index in [1.807, 2.05) is 19.0 Å². The fraction of sp³-hybridized carbons (Fsp3) is 0.290. The van der Waals surface area contributed by atoms with Crippen LogP contribution in [0.15, 0.2) is 74.5 Å². The van der Waals surface area contributed by atoms with Crippen molar-refractivity contribution in [3.05, 3.63) is 82.1 Å². The number of aromatic amines is 1. The molecule has 0 saturated heterocycles. The third kappa shape index (κ3) is 5.18. The number of allylic oxidation sites excluding steroid dienone is 2. The molecule has 0 spiro atoms. The van der Waals surface area contributed by atoms with Crippen LogP contribution in [0.25, 0.3) is 33.0 Å². The highest BCUT2D eigenvalue weighted by molar-refractivity contribution is 6.17. The van der Waals surface area contributed by atoms with E-state index in [2.05, 4.69) is 15.3 Å². The van der Waals surface area contributed by atoms with Gasteiger partial charge in [0.25, 0.3) is 5.56 Å². The summed E-state index contributed by atoms with van der Waals surface area (Å²) < 4.78 is 43.7. The number of pyridine rings is 1. The van der Waals surface area contributed by atoms with Gasteiger partial charge in [0.2, 0.25) is 5.91 Å². The second kappa shape index (κ2) is 11.4. The minimum atomic E-state index is -0.766. The summed E-state index contributed by atoms with van der Waals surface area (Å²) in [5, 5.41) is 2.98. The average Bonchev–Trinajstić information content (AvgIpc) is 3.58. The van der Waals surface area contributed by atoms with Crippen LogP contribution in [-0.4, -0.2) is 66.0 Å². The Morgan fingerprint density at radius 2 is 2.02 bits per heavy atom. The molecular formula is C31H29F2N5O5. The number of rotatable bonds is 9. The lowest BCUT2D eigenvalue weighted by Gasteiger charge is -2.26. The number of halogens is 2. The minimum Gasteiger partial charge on any atom is -0.463 e. The molecule has 2 aliphatic rings. The Hall–Kier alpha value is -4.84. The van der Waals surface area contributed by atoms with Crippen molar-refractivity contribution in [2.75, 3.05) is 27.2 Å². The van der Waals surface area contributed by atoms with Gasteiger partial charge in [-0.15, -0.1) is 0 Å². The van der Waals surface area contributed by atoms with Crippen molar-refractivity contribution in [3.8, 4) is 11.1 Å². The van der Waals surface area contributed by atoms with Crippen molar-refractivity contribution in [2.45, 2.75) is 25.4 Å². The number of unbranched alkanes of at least 4 members (excludes halogenated alkanes) is 1. The van der Waals surface area contributed by atoms with Gasteiger partial charge in [0.15, 0.2) is 0 Å². The van der Waals surface area contributed by atoms with Crippen molar-refractivity contribution >= 4 is 40.1 Å². The number of nitrogens with one attached hydrogen (secondary N) is 2. The number of aliphatic imine (C=N–C) groups is 1. The van der Waals surface area contributed by atoms with Crippen LogP contribution in [0.2, 0.25) is 0 Å². The number of aromatic nitrogens is 2. The molecule has 4 heterocycles. The third-order valence-electron chi connectivity index (χ3n) is 7.69. The molecule has 12 heteroatoms. The van der Waals surface area contributed by atoms with Crippen LogP contribution < -0.4 is 10.9 Å². The number of furan rings is 1. The zero-order valence-corrected chi connectivity index (χ0v) is 23.5. The molecule has 0 bridgehead atoms. The number of hydrogen-bond donors (Lipinski definition) is 2. The van der Waals surface area contributed by atoms with E-state index >= 15 is 8.78 Å². The van der Waals surface area contributed by atoms with E-state index in [-0.39, 0.29) is 57.9 Å². The Kier molecular flexibility index (Phi) is 7.53. The highest BCUT2D eigenvalue weighted by Crippen LogP contribution is 2.41. The Labute approximate surface area is 244 Å². The number of hydrogen-bond acceptors (Lipinski definition) is 7. The van der Waals surface area contributed by atoms with E-state index in [1.54, 1.807) is 12.1 Å². The predicted molar refractivity (Wildman–Crippen MR) is 157 cm³/mol. The number of amides is 1. The zero-order valence-electron chi connectivity index (χ0n) is 23.5. The minimum absolute atomic E-state index is 0.0652. The molecule has 2 unspecified atom stereocenters. The molecule has 10 nitrogen and oxygen atoms in total. The van der Waals surface area contributed by atoms with E-state index in [0.29, 0.717) is 11.8 Å². The molecule has 0 fully saturated rings. The fourth-order valence-electron chi connectivity index (χ4n) is 5.63. The van der Waals surface area contributed by atoms with E-state index < -0.39 is 35.1 Å². The molecule has 1 amide bonds. The van der Waals surface area contributed by atoms with Crippen molar-refractivity contribution < 1.29 is 27.5 Å². The van der Waals surface area contributed by atoms with E-state index in [1.165, 1.54) is 47.7 Å². The summed E-state index contributed by atoms with van der Waals surface area (Å²) in [4.78, 5) is 48.3. The number of carbonyl (C=O) groups excluding carboxylic acids is 2. The monoisotopic (exact) mass is 589 g/mol. The van der Waals surface area contributed by atoms with Crippen molar-refractivity contribution in [1.29, 1.82) is 0 Å². The van der Waals surface area contributed by atoms with Crippen LogP contribution in [-0.2, 0) is 16.1 Å². The van der Waals surface area contributed by atoms with Gasteiger partial charge in [-0.25, -0.2) is 13.6 Å². The van der Waals surface area contributed by atoms with Gasteiger partial charge in [-0.2, -0.15) is 0 Å². The van der Waals surface area contributed by atoms with Gasteiger partial charge in [0.05, 0.1) is 59.6 Å². The average molecular weight is 590 g/mol. The van der Waals surface area contributed by atoms with Crippen LogP contribution in [0.5, 0.6) is 0 Å². The first-order valence-electron chi connectivity index (χ1n) is 13.9. The zero-order chi connectivity index (χ0) is 30.2. The van der Waals surface area contributed by atoms with Crippen molar-refractivity contribution in [2.24, 2.45) is 10.9 Å². The maximum atomic E-state index is 15.5. The van der Waals surface area contributed by atoms with Crippen LogP contribution in [0.1, 0.15) is 23.3 Å². The topological polar surface area (TPSA) is 122 Å². The van der Waals surface area contributed by atoms with Gasteiger partial charge in [0, 0.05) is 17.3 Å². The molecule has 1 aliphatic heterocycles. The molecule has 1 aliphatic carbocycles. The molecule has 0 radical (unpaired) electrons. The maximum Gasteiger partial charge on any atom is 0.355 e. The molecular weight excluding hydrogens is 560 g/mol. The van der Waals surface area contributed by atoms with E-state index in [9.17, 15) is 14.4 Å². The highest BCUT2D eigenvalue weighted by atomic mass is 19.1. The van der Waals surface area contributed by atoms with Crippen LogP contribution in [0, 0.1) is 11.7 Å². The fourth-order valence-corrected chi connectivity index (χ4v) is 5.63. The summed E-state index contributed by atoms with van der Waals surface area (Å²) in [6.45, 7) is 0.639. The summed E-state index contributed by atoms with van der Waals surface area (Å²) >= 11 is 0. The molecule has 222 valence electrons. The molecule has 2 N–H and O–H groups in total. The SMILES string of the molecule is CN(C)CCCCOC(=O)c1c(-c2ccc[nH]c2=O)c2c3occc3c(F)cc2n1CC1=CC2C(=O)NC=NC2C=C1F. The second-order valence-corrected chi connectivity index (χ2v) is 10.8. The summed E-state index contributed by atoms with van der Waals surface area (Å²) in [7, 11) is 3.89. The van der Waals surface area contributed by atoms with Crippen molar-refractivity contribution in [1.82, 2.24) is 19.8 Å². The van der Waals surface area contributed by atoms with Gasteiger partial charge in [-0.3, -0.25) is 14.6 Å². The second-order valence-electron chi connectivity index (χ2n) is 10.8. The smallest absolute Gasteiger partial charge is 0.355 e.